The molecule has 0 unspecified atom stereocenters. The molecule has 28 heavy (non-hydrogen) atoms. The van der Waals surface area contributed by atoms with Crippen molar-refractivity contribution in [2.45, 2.75) is 24.3 Å². The number of nitrogens with zero attached hydrogens (tertiary/aromatic N) is 1. The number of hydrogen-bond donors (Lipinski definition) is 1. The Morgan fingerprint density at radius 2 is 1.57 bits per heavy atom. The highest BCUT2D eigenvalue weighted by Crippen LogP contribution is 2.27. The highest BCUT2D eigenvalue weighted by molar-refractivity contribution is 7.89. The summed E-state index contributed by atoms with van der Waals surface area (Å²) in [6.07, 6.45) is 0.911. The number of ether oxygens (including phenoxy) is 2. The van der Waals surface area contributed by atoms with Gasteiger partial charge < -0.3 is 14.8 Å². The standard InChI is InChI=1S/C20H26N2O5S/c1-22(2)28(24,25)17-9-5-16(6-10-17)14-21-20(23)12-8-15-7-11-18(26-3)19(13-15)27-4/h5-7,9-11,13H,8,12,14H2,1-4H3,(H,21,23). The van der Waals surface area contributed by atoms with E-state index in [1.807, 2.05) is 18.2 Å². The van der Waals surface area contributed by atoms with Crippen LogP contribution in [0.3, 0.4) is 0 Å². The van der Waals surface area contributed by atoms with Crippen LogP contribution in [0, 0.1) is 0 Å². The Morgan fingerprint density at radius 1 is 0.964 bits per heavy atom. The first kappa shape index (κ1) is 21.7. The van der Waals surface area contributed by atoms with E-state index in [0.717, 1.165) is 15.4 Å². The summed E-state index contributed by atoms with van der Waals surface area (Å²) in [4.78, 5) is 12.3. The predicted molar refractivity (Wildman–Crippen MR) is 107 cm³/mol. The lowest BCUT2D eigenvalue weighted by Gasteiger charge is -2.12. The first-order valence-electron chi connectivity index (χ1n) is 8.77. The molecule has 2 aromatic rings. The van der Waals surface area contributed by atoms with Gasteiger partial charge in [0.2, 0.25) is 15.9 Å². The van der Waals surface area contributed by atoms with Gasteiger partial charge in [0.15, 0.2) is 11.5 Å². The molecule has 2 rings (SSSR count). The van der Waals surface area contributed by atoms with Gasteiger partial charge in [0.1, 0.15) is 0 Å². The SMILES string of the molecule is COc1ccc(CCC(=O)NCc2ccc(S(=O)(=O)N(C)C)cc2)cc1OC. The Morgan fingerprint density at radius 3 is 2.14 bits per heavy atom. The highest BCUT2D eigenvalue weighted by atomic mass is 32.2. The maximum Gasteiger partial charge on any atom is 0.242 e. The van der Waals surface area contributed by atoms with Crippen LogP contribution in [0.4, 0.5) is 0 Å². The summed E-state index contributed by atoms with van der Waals surface area (Å²) in [5, 5.41) is 2.85. The molecular weight excluding hydrogens is 380 g/mol. The van der Waals surface area contributed by atoms with E-state index < -0.39 is 10.0 Å². The van der Waals surface area contributed by atoms with E-state index >= 15 is 0 Å². The van der Waals surface area contributed by atoms with Crippen molar-refractivity contribution in [2.24, 2.45) is 0 Å². The molecule has 8 heteroatoms. The van der Waals surface area contributed by atoms with Gasteiger partial charge in [-0.25, -0.2) is 12.7 Å². The van der Waals surface area contributed by atoms with Crippen LogP contribution in [0.2, 0.25) is 0 Å². The van der Waals surface area contributed by atoms with Crippen molar-refractivity contribution in [1.29, 1.82) is 0 Å². The zero-order chi connectivity index (χ0) is 20.7. The van der Waals surface area contributed by atoms with E-state index in [9.17, 15) is 13.2 Å². The Kier molecular flexibility index (Phi) is 7.42. The van der Waals surface area contributed by atoms with Gasteiger partial charge in [-0.15, -0.1) is 0 Å². The second kappa shape index (κ2) is 9.57. The van der Waals surface area contributed by atoms with Crippen molar-refractivity contribution >= 4 is 15.9 Å². The Bertz CT molecular complexity index is 909. The third-order valence-corrected chi connectivity index (χ3v) is 6.11. The van der Waals surface area contributed by atoms with Crippen LogP contribution in [0.5, 0.6) is 11.5 Å². The molecule has 152 valence electrons. The van der Waals surface area contributed by atoms with Crippen LogP contribution in [-0.2, 0) is 27.8 Å². The van der Waals surface area contributed by atoms with Crippen molar-refractivity contribution in [2.75, 3.05) is 28.3 Å². The molecule has 2 aromatic carbocycles. The third-order valence-electron chi connectivity index (χ3n) is 4.28. The number of nitrogens with one attached hydrogen (secondary N) is 1. The van der Waals surface area contributed by atoms with Gasteiger partial charge in [0.05, 0.1) is 19.1 Å². The fraction of sp³-hybridized carbons (Fsp3) is 0.350. The monoisotopic (exact) mass is 406 g/mol. The first-order chi connectivity index (χ1) is 13.3. The van der Waals surface area contributed by atoms with E-state index in [1.165, 1.54) is 14.1 Å². The molecule has 0 atom stereocenters. The summed E-state index contributed by atoms with van der Waals surface area (Å²) in [6, 6.07) is 12.1. The second-order valence-electron chi connectivity index (χ2n) is 6.40. The molecule has 0 spiro atoms. The average Bonchev–Trinajstić information content (AvgIpc) is 2.70. The fourth-order valence-corrected chi connectivity index (χ4v) is 3.47. The first-order valence-corrected chi connectivity index (χ1v) is 10.2. The van der Waals surface area contributed by atoms with Crippen molar-refractivity contribution < 1.29 is 22.7 Å². The van der Waals surface area contributed by atoms with E-state index in [0.29, 0.717) is 30.9 Å². The molecule has 0 saturated heterocycles. The minimum absolute atomic E-state index is 0.0835. The van der Waals surface area contributed by atoms with E-state index in [-0.39, 0.29) is 10.8 Å². The van der Waals surface area contributed by atoms with Crippen LogP contribution < -0.4 is 14.8 Å². The Balaban J connectivity index is 1.87. The van der Waals surface area contributed by atoms with Gasteiger partial charge in [-0.05, 0) is 41.8 Å². The fourth-order valence-electron chi connectivity index (χ4n) is 2.57. The maximum absolute atomic E-state index is 12.1. The molecule has 0 fully saturated rings. The van der Waals surface area contributed by atoms with E-state index in [2.05, 4.69) is 5.32 Å². The molecule has 1 N–H and O–H groups in total. The van der Waals surface area contributed by atoms with Crippen LogP contribution in [0.15, 0.2) is 47.4 Å². The molecule has 0 heterocycles. The van der Waals surface area contributed by atoms with Gasteiger partial charge in [0.25, 0.3) is 0 Å². The van der Waals surface area contributed by atoms with Gasteiger partial charge in [-0.1, -0.05) is 18.2 Å². The molecule has 7 nitrogen and oxygen atoms in total. The quantitative estimate of drug-likeness (QED) is 0.690. The van der Waals surface area contributed by atoms with Crippen LogP contribution in [0.1, 0.15) is 17.5 Å². The summed E-state index contributed by atoms with van der Waals surface area (Å²) in [5.74, 6) is 1.20. The molecule has 0 aromatic heterocycles. The summed E-state index contributed by atoms with van der Waals surface area (Å²) >= 11 is 0. The predicted octanol–water partition coefficient (Wildman–Crippen LogP) is 2.20. The smallest absolute Gasteiger partial charge is 0.242 e. The molecule has 0 saturated carbocycles. The number of amides is 1. The number of benzene rings is 2. The van der Waals surface area contributed by atoms with Crippen LogP contribution >= 0.6 is 0 Å². The van der Waals surface area contributed by atoms with E-state index in [4.69, 9.17) is 9.47 Å². The second-order valence-corrected chi connectivity index (χ2v) is 8.55. The molecule has 1 amide bonds. The summed E-state index contributed by atoms with van der Waals surface area (Å²) in [7, 11) is 2.68. The number of carbonyl (C=O) groups excluding carboxylic acids is 1. The number of carbonyl (C=O) groups is 1. The molecule has 0 aliphatic heterocycles. The van der Waals surface area contributed by atoms with Crippen molar-refractivity contribution in [1.82, 2.24) is 9.62 Å². The average molecular weight is 407 g/mol. The number of hydrogen-bond acceptors (Lipinski definition) is 5. The lowest BCUT2D eigenvalue weighted by molar-refractivity contribution is -0.121. The molecule has 0 aliphatic carbocycles. The number of methoxy groups -OCH3 is 2. The minimum atomic E-state index is -3.45. The minimum Gasteiger partial charge on any atom is -0.493 e. The lowest BCUT2D eigenvalue weighted by Crippen LogP contribution is -2.23. The maximum atomic E-state index is 12.1. The highest BCUT2D eigenvalue weighted by Gasteiger charge is 2.16. The van der Waals surface area contributed by atoms with Crippen molar-refractivity contribution in [3.05, 3.63) is 53.6 Å². The molecule has 0 bridgehead atoms. The number of aryl methyl sites for hydroxylation is 1. The normalized spacial score (nSPS) is 11.3. The van der Waals surface area contributed by atoms with Crippen molar-refractivity contribution in [3.8, 4) is 11.5 Å². The summed E-state index contributed by atoms with van der Waals surface area (Å²) in [6.45, 7) is 0.340. The Hall–Kier alpha value is -2.58. The van der Waals surface area contributed by atoms with Crippen LogP contribution in [-0.4, -0.2) is 46.9 Å². The number of rotatable bonds is 9. The van der Waals surface area contributed by atoms with Crippen molar-refractivity contribution in [3.63, 3.8) is 0 Å². The van der Waals surface area contributed by atoms with Gasteiger partial charge in [-0.2, -0.15) is 0 Å². The van der Waals surface area contributed by atoms with Gasteiger partial charge >= 0.3 is 0 Å². The molecule has 0 aliphatic rings. The van der Waals surface area contributed by atoms with Gasteiger partial charge in [-0.3, -0.25) is 4.79 Å². The molecular formula is C20H26N2O5S. The topological polar surface area (TPSA) is 84.9 Å². The van der Waals surface area contributed by atoms with Gasteiger partial charge in [0, 0.05) is 27.1 Å². The third kappa shape index (κ3) is 5.46. The Labute approximate surface area is 166 Å². The zero-order valence-corrected chi connectivity index (χ0v) is 17.4. The summed E-state index contributed by atoms with van der Waals surface area (Å²) in [5.41, 5.74) is 1.81. The largest absolute Gasteiger partial charge is 0.493 e. The van der Waals surface area contributed by atoms with E-state index in [1.54, 1.807) is 38.5 Å². The lowest BCUT2D eigenvalue weighted by atomic mass is 10.1. The molecule has 0 radical (unpaired) electrons. The summed E-state index contributed by atoms with van der Waals surface area (Å²) < 4.78 is 35.7. The number of sulfonamides is 1. The zero-order valence-electron chi connectivity index (χ0n) is 16.6. The van der Waals surface area contributed by atoms with Crippen LogP contribution in [0.25, 0.3) is 0 Å².